The molecule has 1 rings (SSSR count). The summed E-state index contributed by atoms with van der Waals surface area (Å²) < 4.78 is 88.8. The van der Waals surface area contributed by atoms with Gasteiger partial charge in [0.1, 0.15) is 19.5 Å². The first-order chi connectivity index (χ1) is 23.1. The predicted octanol–water partition coefficient (Wildman–Crippen LogP) is 0.0529. The summed E-state index contributed by atoms with van der Waals surface area (Å²) in [6, 6.07) is 0.955. The van der Waals surface area contributed by atoms with Crippen molar-refractivity contribution in [2.75, 3.05) is 81.7 Å². The first kappa shape index (κ1) is 44.0. The van der Waals surface area contributed by atoms with Crippen molar-refractivity contribution in [2.24, 2.45) is 0 Å². The molecular formula is C26H44FN2O19P. The number of carbonyl (C=O) groups is 2. The van der Waals surface area contributed by atoms with Crippen LogP contribution in [0.25, 0.3) is 0 Å². The van der Waals surface area contributed by atoms with Crippen LogP contribution in [0.1, 0.15) is 13.8 Å². The van der Waals surface area contributed by atoms with Crippen molar-refractivity contribution >= 4 is 20.1 Å². The van der Waals surface area contributed by atoms with E-state index >= 15 is 0 Å². The summed E-state index contributed by atoms with van der Waals surface area (Å²) in [4.78, 5) is 49.8. The second-order valence-corrected chi connectivity index (χ2v) is 12.1. The predicted molar refractivity (Wildman–Crippen MR) is 159 cm³/mol. The third kappa shape index (κ3) is 16.0. The van der Waals surface area contributed by atoms with Gasteiger partial charge >= 0.3 is 25.8 Å². The van der Waals surface area contributed by atoms with Gasteiger partial charge in [0.15, 0.2) is 17.8 Å². The molecule has 284 valence electrons. The molecule has 23 heteroatoms. The number of nitrogens with one attached hydrogen (secondary N) is 1. The van der Waals surface area contributed by atoms with E-state index in [2.05, 4.69) is 0 Å². The molecule has 0 bridgehead atoms. The highest BCUT2D eigenvalue weighted by Gasteiger charge is 2.49. The van der Waals surface area contributed by atoms with Gasteiger partial charge in [-0.25, -0.2) is 32.4 Å². The summed E-state index contributed by atoms with van der Waals surface area (Å²) in [6.07, 6.45) is -5.62. The number of H-pyrrole nitrogens is 1. The van der Waals surface area contributed by atoms with Gasteiger partial charge in [-0.2, -0.15) is 0 Å². The Balaban J connectivity index is 3.21. The molecule has 0 saturated carbocycles. The van der Waals surface area contributed by atoms with Gasteiger partial charge in [0.25, 0.3) is 5.56 Å². The minimum absolute atomic E-state index is 0.0718. The summed E-state index contributed by atoms with van der Waals surface area (Å²) in [7, 11) is 0.279. The summed E-state index contributed by atoms with van der Waals surface area (Å²) in [5.41, 5.74) is -6.41. The van der Waals surface area contributed by atoms with E-state index in [1.54, 1.807) is 0 Å². The highest BCUT2D eigenvalue weighted by Crippen LogP contribution is 2.50. The maximum Gasteiger partial charge on any atom is 0.510 e. The number of rotatable bonds is 25. The summed E-state index contributed by atoms with van der Waals surface area (Å²) in [5, 5.41) is 21.4. The lowest BCUT2D eigenvalue weighted by molar-refractivity contribution is -0.219. The van der Waals surface area contributed by atoms with Gasteiger partial charge in [-0.05, 0) is 13.8 Å². The molecule has 1 aromatic rings. The summed E-state index contributed by atoms with van der Waals surface area (Å²) in [6.45, 7) is -4.16. The maximum absolute atomic E-state index is 14.7. The monoisotopic (exact) mass is 738 g/mol. The molecule has 21 nitrogen and oxygen atoms in total. The van der Waals surface area contributed by atoms with Crippen LogP contribution >= 0.6 is 7.82 Å². The lowest BCUT2D eigenvalue weighted by Crippen LogP contribution is -2.59. The highest BCUT2D eigenvalue weighted by atomic mass is 31.2. The first-order valence-electron chi connectivity index (χ1n) is 14.1. The first-order valence-corrected chi connectivity index (χ1v) is 15.6. The van der Waals surface area contributed by atoms with E-state index in [1.165, 1.54) is 28.4 Å². The fourth-order valence-corrected chi connectivity index (χ4v) is 4.60. The van der Waals surface area contributed by atoms with Crippen molar-refractivity contribution in [3.63, 3.8) is 0 Å². The molecule has 0 fully saturated rings. The number of aliphatic hydroxyl groups is 2. The topological polar surface area (TPSA) is 257 Å². The van der Waals surface area contributed by atoms with E-state index < -0.39 is 94.5 Å². The maximum atomic E-state index is 14.7. The Labute approximate surface area is 279 Å². The fraction of sp³-hybridized carbons (Fsp3) is 0.769. The van der Waals surface area contributed by atoms with Crippen LogP contribution in [0.5, 0.6) is 0 Å². The van der Waals surface area contributed by atoms with Crippen LogP contribution in [0.3, 0.4) is 0 Å². The minimum Gasteiger partial charge on any atom is -0.426 e. The quantitative estimate of drug-likeness (QED) is 0.0680. The third-order valence-electron chi connectivity index (χ3n) is 5.96. The molecule has 0 amide bonds. The number of carbonyl (C=O) groups excluding carboxylic acids is 2. The van der Waals surface area contributed by atoms with Crippen LogP contribution in [0.15, 0.2) is 21.9 Å². The SMILES string of the molecule is COCC(COC)OC(=O)OCOP(=O)(OCOC(=O)OC(COC)COC)OC[C@@](CF)(OCn1ccc(=O)[nH]c1=O)[C@@H](O)C(C)(C)O. The Bertz CT molecular complexity index is 1240. The van der Waals surface area contributed by atoms with E-state index in [0.29, 0.717) is 0 Å². The van der Waals surface area contributed by atoms with Gasteiger partial charge in [0, 0.05) is 40.7 Å². The second kappa shape index (κ2) is 21.9. The summed E-state index contributed by atoms with van der Waals surface area (Å²) >= 11 is 0. The number of phosphoric acid groups is 1. The molecule has 0 unspecified atom stereocenters. The molecule has 0 saturated heterocycles. The molecule has 0 radical (unpaired) electrons. The normalized spacial score (nSPS) is 14.0. The highest BCUT2D eigenvalue weighted by molar-refractivity contribution is 7.48. The smallest absolute Gasteiger partial charge is 0.426 e. The number of ether oxygens (including phenoxy) is 9. The molecule has 0 aliphatic carbocycles. The number of alkyl halides is 1. The van der Waals surface area contributed by atoms with Crippen molar-refractivity contribution in [1.29, 1.82) is 0 Å². The number of aromatic nitrogens is 2. The number of nitrogens with zero attached hydrogens (tertiary/aromatic N) is 1. The van der Waals surface area contributed by atoms with E-state index in [0.717, 1.165) is 30.7 Å². The van der Waals surface area contributed by atoms with Crippen molar-refractivity contribution < 1.29 is 85.0 Å². The third-order valence-corrected chi connectivity index (χ3v) is 7.25. The Morgan fingerprint density at radius 1 is 0.898 bits per heavy atom. The van der Waals surface area contributed by atoms with Gasteiger partial charge in [0.05, 0.1) is 38.6 Å². The number of hydrogen-bond acceptors (Lipinski definition) is 19. The number of hydrogen-bond donors (Lipinski definition) is 3. The zero-order chi connectivity index (χ0) is 37.1. The van der Waals surface area contributed by atoms with Crippen LogP contribution in [-0.2, 0) is 67.5 Å². The number of aromatic amines is 1. The molecule has 0 aromatic carbocycles. The number of phosphoric ester groups is 1. The zero-order valence-corrected chi connectivity index (χ0v) is 28.8. The van der Waals surface area contributed by atoms with Gasteiger partial charge in [-0.1, -0.05) is 0 Å². The fourth-order valence-electron chi connectivity index (χ4n) is 3.63. The minimum atomic E-state index is -5.08. The van der Waals surface area contributed by atoms with Crippen molar-refractivity contribution in [3.8, 4) is 0 Å². The molecule has 49 heavy (non-hydrogen) atoms. The van der Waals surface area contributed by atoms with E-state index in [4.69, 9.17) is 56.2 Å². The van der Waals surface area contributed by atoms with E-state index in [9.17, 15) is 38.3 Å². The molecule has 0 aliphatic heterocycles. The standard InChI is InChI=1S/C26H44FN2O19P/c1-25(2,35)21(31)26(13-27,43-15-29-8-7-20(30)28-22(29)32)14-44-49(36,45-16-41-23(33)47-18(9-37-3)10-38-4)46-17-42-24(34)48-19(11-39-5)12-40-6/h7-8,18-19,21,31,35H,9-17H2,1-6H3,(H,28,30,32)/t21-,26+/m0/s1. The molecule has 0 spiro atoms. The Hall–Kier alpha value is -3.02. The van der Waals surface area contributed by atoms with Crippen molar-refractivity contribution in [2.45, 2.75) is 50.1 Å². The summed E-state index contributed by atoms with van der Waals surface area (Å²) in [5.74, 6) is 0. The Morgan fingerprint density at radius 2 is 1.37 bits per heavy atom. The molecule has 3 N–H and O–H groups in total. The van der Waals surface area contributed by atoms with Crippen LogP contribution < -0.4 is 11.2 Å². The lowest BCUT2D eigenvalue weighted by atomic mass is 9.87. The van der Waals surface area contributed by atoms with Gasteiger partial charge in [-0.3, -0.25) is 18.9 Å². The second-order valence-electron chi connectivity index (χ2n) is 10.4. The average molecular weight is 739 g/mol. The van der Waals surface area contributed by atoms with Gasteiger partial charge < -0.3 is 52.8 Å². The molecule has 0 aliphatic rings. The van der Waals surface area contributed by atoms with E-state index in [1.807, 2.05) is 4.98 Å². The average Bonchev–Trinajstić information content (AvgIpc) is 3.02. The molecule has 1 heterocycles. The van der Waals surface area contributed by atoms with Crippen molar-refractivity contribution in [3.05, 3.63) is 33.1 Å². The van der Waals surface area contributed by atoms with E-state index in [-0.39, 0.29) is 26.4 Å². The van der Waals surface area contributed by atoms with Crippen molar-refractivity contribution in [1.82, 2.24) is 9.55 Å². The zero-order valence-electron chi connectivity index (χ0n) is 27.9. The lowest BCUT2D eigenvalue weighted by Gasteiger charge is -2.40. The van der Waals surface area contributed by atoms with Crippen LogP contribution in [0, 0.1) is 0 Å². The number of halogens is 1. The van der Waals surface area contributed by atoms with Gasteiger partial charge in [0.2, 0.25) is 13.6 Å². The number of methoxy groups -OCH3 is 4. The molecule has 1 aromatic heterocycles. The Kier molecular flexibility index (Phi) is 19.7. The van der Waals surface area contributed by atoms with Crippen LogP contribution in [0.4, 0.5) is 14.0 Å². The Morgan fingerprint density at radius 3 is 1.76 bits per heavy atom. The molecular weight excluding hydrogens is 694 g/mol. The molecule has 2 atom stereocenters. The number of aliphatic hydroxyl groups excluding tert-OH is 1. The largest absolute Gasteiger partial charge is 0.510 e. The van der Waals surface area contributed by atoms with Crippen LogP contribution in [-0.4, -0.2) is 143 Å². The van der Waals surface area contributed by atoms with Gasteiger partial charge in [-0.15, -0.1) is 0 Å². The van der Waals surface area contributed by atoms with Crippen LogP contribution in [0.2, 0.25) is 0 Å².